The molecule has 0 aliphatic heterocycles. The number of benzene rings is 1. The first-order chi connectivity index (χ1) is 12.2. The van der Waals surface area contributed by atoms with Gasteiger partial charge < -0.3 is 0 Å². The second-order valence-electron chi connectivity index (χ2n) is 5.59. The molecule has 4 rings (SSSR count). The molecule has 6 heteroatoms. The van der Waals surface area contributed by atoms with Crippen molar-refractivity contribution < 1.29 is 4.39 Å². The van der Waals surface area contributed by atoms with Crippen LogP contribution >= 0.6 is 0 Å². The Bertz CT molecular complexity index is 1110. The van der Waals surface area contributed by atoms with E-state index in [-0.39, 0.29) is 17.9 Å². The molecule has 0 saturated carbocycles. The van der Waals surface area contributed by atoms with Crippen LogP contribution in [0.4, 0.5) is 4.39 Å². The van der Waals surface area contributed by atoms with Crippen LogP contribution in [0.5, 0.6) is 0 Å². The summed E-state index contributed by atoms with van der Waals surface area (Å²) < 4.78 is 16.1. The molecule has 0 atom stereocenters. The van der Waals surface area contributed by atoms with E-state index < -0.39 is 0 Å². The molecule has 1 aromatic carbocycles. The number of aromatic nitrogens is 4. The van der Waals surface area contributed by atoms with Gasteiger partial charge in [0.05, 0.1) is 30.0 Å². The Morgan fingerprint density at radius 2 is 1.84 bits per heavy atom. The minimum atomic E-state index is -0.373. The highest BCUT2D eigenvalue weighted by Crippen LogP contribution is 2.22. The third-order valence-electron chi connectivity index (χ3n) is 4.03. The van der Waals surface area contributed by atoms with E-state index in [1.807, 2.05) is 12.1 Å². The Morgan fingerprint density at radius 3 is 2.64 bits per heavy atom. The topological polar surface area (TPSA) is 60.7 Å². The lowest BCUT2D eigenvalue weighted by Crippen LogP contribution is -2.21. The molecule has 4 aromatic rings. The number of nitrogens with zero attached hydrogens (tertiary/aromatic N) is 4. The second kappa shape index (κ2) is 6.24. The van der Waals surface area contributed by atoms with Gasteiger partial charge in [-0.1, -0.05) is 18.2 Å². The summed E-state index contributed by atoms with van der Waals surface area (Å²) in [5, 5.41) is 0. The molecule has 0 radical (unpaired) electrons. The van der Waals surface area contributed by atoms with E-state index in [9.17, 15) is 9.18 Å². The van der Waals surface area contributed by atoms with Crippen LogP contribution in [0.15, 0.2) is 72.2 Å². The van der Waals surface area contributed by atoms with E-state index in [1.165, 1.54) is 16.8 Å². The second-order valence-corrected chi connectivity index (χ2v) is 5.59. The number of hydrogen-bond donors (Lipinski definition) is 0. The Labute approximate surface area is 142 Å². The molecule has 5 nitrogen and oxygen atoms in total. The average molecular weight is 332 g/mol. The van der Waals surface area contributed by atoms with E-state index in [1.54, 1.807) is 43.0 Å². The molecule has 3 aromatic heterocycles. The van der Waals surface area contributed by atoms with Crippen LogP contribution in [0.1, 0.15) is 5.56 Å². The maximum atomic E-state index is 14.6. The highest BCUT2D eigenvalue weighted by atomic mass is 19.1. The lowest BCUT2D eigenvalue weighted by Gasteiger charge is -2.11. The SMILES string of the molecule is O=c1cnc2ccncc2n1Cc1ccc(-c2cccnc2)cc1F. The first-order valence-corrected chi connectivity index (χ1v) is 7.71. The summed E-state index contributed by atoms with van der Waals surface area (Å²) in [6.45, 7) is 0.114. The number of rotatable bonds is 3. The van der Waals surface area contributed by atoms with Gasteiger partial charge in [0.15, 0.2) is 0 Å². The zero-order chi connectivity index (χ0) is 17.2. The van der Waals surface area contributed by atoms with Gasteiger partial charge in [0.2, 0.25) is 0 Å². The molecule has 0 amide bonds. The van der Waals surface area contributed by atoms with Crippen LogP contribution in [0.2, 0.25) is 0 Å². The molecule has 0 aliphatic carbocycles. The summed E-state index contributed by atoms with van der Waals surface area (Å²) >= 11 is 0. The van der Waals surface area contributed by atoms with Crippen molar-refractivity contribution >= 4 is 11.0 Å². The molecule has 0 bridgehead atoms. The van der Waals surface area contributed by atoms with E-state index in [0.29, 0.717) is 16.6 Å². The predicted octanol–water partition coefficient (Wildman–Crippen LogP) is 3.04. The molecule has 0 saturated heterocycles. The molecule has 0 fully saturated rings. The van der Waals surface area contributed by atoms with Crippen LogP contribution in [-0.2, 0) is 6.54 Å². The van der Waals surface area contributed by atoms with Crippen molar-refractivity contribution in [2.24, 2.45) is 0 Å². The van der Waals surface area contributed by atoms with E-state index in [2.05, 4.69) is 15.0 Å². The quantitative estimate of drug-likeness (QED) is 0.578. The normalized spacial score (nSPS) is 10.9. The highest BCUT2D eigenvalue weighted by Gasteiger charge is 2.10. The Balaban J connectivity index is 1.75. The van der Waals surface area contributed by atoms with Crippen LogP contribution < -0.4 is 5.56 Å². The fourth-order valence-electron chi connectivity index (χ4n) is 2.73. The van der Waals surface area contributed by atoms with Crippen molar-refractivity contribution in [3.8, 4) is 11.1 Å². The number of pyridine rings is 2. The maximum absolute atomic E-state index is 14.6. The van der Waals surface area contributed by atoms with Gasteiger partial charge in [0.1, 0.15) is 5.82 Å². The van der Waals surface area contributed by atoms with Crippen molar-refractivity contribution in [3.63, 3.8) is 0 Å². The lowest BCUT2D eigenvalue weighted by molar-refractivity contribution is 0.599. The van der Waals surface area contributed by atoms with Crippen molar-refractivity contribution in [2.45, 2.75) is 6.54 Å². The Morgan fingerprint density at radius 1 is 0.960 bits per heavy atom. The van der Waals surface area contributed by atoms with Gasteiger partial charge in [0.25, 0.3) is 5.56 Å². The molecule has 0 N–H and O–H groups in total. The third kappa shape index (κ3) is 2.89. The van der Waals surface area contributed by atoms with Gasteiger partial charge >= 0.3 is 0 Å². The van der Waals surface area contributed by atoms with E-state index in [4.69, 9.17) is 0 Å². The zero-order valence-corrected chi connectivity index (χ0v) is 13.1. The first-order valence-electron chi connectivity index (χ1n) is 7.71. The minimum Gasteiger partial charge on any atom is -0.299 e. The third-order valence-corrected chi connectivity index (χ3v) is 4.03. The van der Waals surface area contributed by atoms with Gasteiger partial charge in [-0.2, -0.15) is 0 Å². The largest absolute Gasteiger partial charge is 0.299 e. The summed E-state index contributed by atoms with van der Waals surface area (Å²) in [6, 6.07) is 10.4. The van der Waals surface area contributed by atoms with Crippen molar-refractivity contribution in [1.29, 1.82) is 0 Å². The minimum absolute atomic E-state index is 0.114. The number of fused-ring (bicyclic) bond motifs is 1. The molecule has 3 heterocycles. The molecule has 0 spiro atoms. The summed E-state index contributed by atoms with van der Waals surface area (Å²) in [6.07, 6.45) is 7.76. The molecular formula is C19H13FN4O. The van der Waals surface area contributed by atoms with Gasteiger partial charge in [-0.15, -0.1) is 0 Å². The van der Waals surface area contributed by atoms with Gasteiger partial charge in [-0.05, 0) is 23.8 Å². The van der Waals surface area contributed by atoms with Gasteiger partial charge in [-0.3, -0.25) is 19.3 Å². The van der Waals surface area contributed by atoms with Crippen molar-refractivity contribution in [3.05, 3.63) is 89.1 Å². The number of halogens is 1. The first kappa shape index (κ1) is 15.1. The molecule has 25 heavy (non-hydrogen) atoms. The van der Waals surface area contributed by atoms with Crippen molar-refractivity contribution in [1.82, 2.24) is 19.5 Å². The fraction of sp³-hybridized carbons (Fsp3) is 0.0526. The Kier molecular flexibility index (Phi) is 3.78. The summed E-state index contributed by atoms with van der Waals surface area (Å²) in [5.74, 6) is -0.373. The van der Waals surface area contributed by atoms with E-state index >= 15 is 0 Å². The predicted molar refractivity (Wildman–Crippen MR) is 92.5 cm³/mol. The molecule has 0 aliphatic rings. The van der Waals surface area contributed by atoms with Crippen molar-refractivity contribution in [2.75, 3.05) is 0 Å². The van der Waals surface area contributed by atoms with E-state index in [0.717, 1.165) is 11.1 Å². The smallest absolute Gasteiger partial charge is 0.269 e. The lowest BCUT2D eigenvalue weighted by atomic mass is 10.0. The maximum Gasteiger partial charge on any atom is 0.269 e. The van der Waals surface area contributed by atoms with Crippen LogP contribution in [0, 0.1) is 5.82 Å². The summed E-state index contributed by atoms with van der Waals surface area (Å²) in [4.78, 5) is 24.3. The number of hydrogen-bond acceptors (Lipinski definition) is 4. The summed E-state index contributed by atoms with van der Waals surface area (Å²) in [5.41, 5.74) is 2.92. The standard InChI is InChI=1S/C19H13FN4O/c20-16-8-13(14-2-1-6-21-9-14)3-4-15(16)12-24-18-10-22-7-5-17(18)23-11-19(24)25/h1-11H,12H2. The fourth-order valence-corrected chi connectivity index (χ4v) is 2.73. The summed E-state index contributed by atoms with van der Waals surface area (Å²) in [7, 11) is 0. The highest BCUT2D eigenvalue weighted by molar-refractivity contribution is 5.73. The van der Waals surface area contributed by atoms with Crippen LogP contribution in [0.25, 0.3) is 22.2 Å². The average Bonchev–Trinajstić information content (AvgIpc) is 2.66. The molecule has 122 valence electrons. The zero-order valence-electron chi connectivity index (χ0n) is 13.1. The van der Waals surface area contributed by atoms with Crippen LogP contribution in [-0.4, -0.2) is 19.5 Å². The molecule has 0 unspecified atom stereocenters. The molecular weight excluding hydrogens is 319 g/mol. The Hall–Kier alpha value is -3.41. The van der Waals surface area contributed by atoms with Crippen LogP contribution in [0.3, 0.4) is 0 Å². The van der Waals surface area contributed by atoms with Gasteiger partial charge in [-0.25, -0.2) is 9.37 Å². The van der Waals surface area contributed by atoms with Gasteiger partial charge in [0, 0.05) is 29.7 Å². The monoisotopic (exact) mass is 332 g/mol.